The third-order valence-electron chi connectivity index (χ3n) is 7.48. The molecule has 4 rings (SSSR count). The maximum atomic E-state index is 13.1. The van der Waals surface area contributed by atoms with E-state index in [1.165, 1.54) is 11.3 Å². The van der Waals surface area contributed by atoms with Crippen LogP contribution in [0.5, 0.6) is 0 Å². The molecule has 1 unspecified atom stereocenters. The van der Waals surface area contributed by atoms with Gasteiger partial charge in [-0.05, 0) is 73.7 Å². The molecule has 2 amide bonds. The van der Waals surface area contributed by atoms with Crippen LogP contribution >= 0.6 is 0 Å². The minimum atomic E-state index is -0.633. The Labute approximate surface area is 218 Å². The molecular weight excluding hydrogens is 466 g/mol. The summed E-state index contributed by atoms with van der Waals surface area (Å²) in [5.41, 5.74) is 4.72. The van der Waals surface area contributed by atoms with Crippen LogP contribution in [0.3, 0.4) is 0 Å². The van der Waals surface area contributed by atoms with E-state index in [1.54, 1.807) is 11.9 Å². The van der Waals surface area contributed by atoms with Crippen LogP contribution in [0.2, 0.25) is 0 Å². The third kappa shape index (κ3) is 6.17. The Bertz CT molecular complexity index is 1150. The Hall–Kier alpha value is -3.70. The fourth-order valence-electron chi connectivity index (χ4n) is 5.35. The van der Waals surface area contributed by atoms with Crippen molar-refractivity contribution in [3.8, 4) is 6.07 Å². The van der Waals surface area contributed by atoms with E-state index in [-0.39, 0.29) is 18.2 Å². The molecule has 194 valence electrons. The van der Waals surface area contributed by atoms with Gasteiger partial charge in [0.15, 0.2) is 0 Å². The summed E-state index contributed by atoms with van der Waals surface area (Å²) < 4.78 is 0. The van der Waals surface area contributed by atoms with E-state index in [9.17, 15) is 14.4 Å². The summed E-state index contributed by atoms with van der Waals surface area (Å²) in [5.74, 6) is -0.361. The molecule has 0 saturated carbocycles. The van der Waals surface area contributed by atoms with Crippen LogP contribution in [-0.2, 0) is 22.6 Å². The highest BCUT2D eigenvalue weighted by Gasteiger charge is 2.36. The van der Waals surface area contributed by atoms with Crippen molar-refractivity contribution in [2.75, 3.05) is 44.7 Å². The number of carbonyl (C=O) groups is 3. The molecule has 1 atom stereocenters. The van der Waals surface area contributed by atoms with Crippen molar-refractivity contribution >= 4 is 23.8 Å². The second kappa shape index (κ2) is 12.5. The van der Waals surface area contributed by atoms with Gasteiger partial charge in [-0.1, -0.05) is 12.1 Å². The molecule has 1 saturated heterocycles. The molecule has 0 aliphatic carbocycles. The smallest absolute Gasteiger partial charge is 0.255 e. The number of nitrogens with zero attached hydrogens (tertiary/aromatic N) is 4. The van der Waals surface area contributed by atoms with Crippen LogP contribution < -0.4 is 10.2 Å². The number of nitrogens with one attached hydrogen (secondary N) is 1. The summed E-state index contributed by atoms with van der Waals surface area (Å²) in [7, 11) is 1.56. The summed E-state index contributed by atoms with van der Waals surface area (Å²) in [6, 6.07) is 15.2. The molecule has 0 bridgehead atoms. The van der Waals surface area contributed by atoms with Gasteiger partial charge in [0.25, 0.3) is 5.91 Å². The van der Waals surface area contributed by atoms with Gasteiger partial charge in [0.2, 0.25) is 5.91 Å². The van der Waals surface area contributed by atoms with Crippen LogP contribution in [0.1, 0.15) is 52.7 Å². The number of fused-ring (bicyclic) bond motifs is 1. The normalized spacial score (nSPS) is 16.3. The number of nitriles is 1. The van der Waals surface area contributed by atoms with Crippen LogP contribution in [0.4, 0.5) is 5.69 Å². The fourth-order valence-corrected chi connectivity index (χ4v) is 5.35. The number of hydrogen-bond acceptors (Lipinski definition) is 6. The number of unbranched alkanes of at least 4 members (excludes halogenated alkanes) is 1. The third-order valence-corrected chi connectivity index (χ3v) is 7.48. The fraction of sp³-hybridized carbons (Fsp3) is 0.448. The molecule has 2 aliphatic heterocycles. The number of carbonyl (C=O) groups excluding carboxylic acids is 3. The van der Waals surface area contributed by atoms with Crippen LogP contribution in [0.15, 0.2) is 42.5 Å². The highest BCUT2D eigenvalue weighted by Crippen LogP contribution is 2.30. The summed E-state index contributed by atoms with van der Waals surface area (Å²) in [5, 5.41) is 11.6. The zero-order valence-corrected chi connectivity index (χ0v) is 21.5. The number of aldehydes is 1. The lowest BCUT2D eigenvalue weighted by molar-refractivity contribution is -0.125. The maximum absolute atomic E-state index is 13.1. The molecule has 0 radical (unpaired) electrons. The zero-order valence-electron chi connectivity index (χ0n) is 21.5. The van der Waals surface area contributed by atoms with Crippen LogP contribution in [-0.4, -0.2) is 73.7 Å². The van der Waals surface area contributed by atoms with Crippen molar-refractivity contribution < 1.29 is 14.4 Å². The van der Waals surface area contributed by atoms with Crippen molar-refractivity contribution in [1.82, 2.24) is 15.1 Å². The summed E-state index contributed by atoms with van der Waals surface area (Å²) in [6.07, 6.45) is 4.38. The highest BCUT2D eigenvalue weighted by atomic mass is 16.2. The molecular formula is C29H35N5O3. The van der Waals surface area contributed by atoms with Gasteiger partial charge in [-0.3, -0.25) is 14.5 Å². The van der Waals surface area contributed by atoms with E-state index in [1.807, 2.05) is 36.4 Å². The molecule has 8 nitrogen and oxygen atoms in total. The molecule has 2 aromatic rings. The Morgan fingerprint density at radius 1 is 1.11 bits per heavy atom. The average Bonchev–Trinajstić information content (AvgIpc) is 3.28. The Morgan fingerprint density at radius 2 is 1.86 bits per heavy atom. The van der Waals surface area contributed by atoms with E-state index in [0.29, 0.717) is 24.1 Å². The van der Waals surface area contributed by atoms with Crippen molar-refractivity contribution in [2.24, 2.45) is 0 Å². The maximum Gasteiger partial charge on any atom is 0.255 e. The van der Waals surface area contributed by atoms with Gasteiger partial charge >= 0.3 is 0 Å². The van der Waals surface area contributed by atoms with E-state index < -0.39 is 6.04 Å². The SMILES string of the molecule is CNC(=O)C(CCC=O)N1Cc2c(CCCCN3CCN(c4ccc(C#N)cc4)CC3)cccc2C1=O. The number of amides is 2. The van der Waals surface area contributed by atoms with Gasteiger partial charge < -0.3 is 19.9 Å². The second-order valence-electron chi connectivity index (χ2n) is 9.69. The van der Waals surface area contributed by atoms with E-state index >= 15 is 0 Å². The minimum Gasteiger partial charge on any atom is -0.369 e. The molecule has 2 aromatic carbocycles. The number of benzene rings is 2. The number of likely N-dealkylation sites (N-methyl/N-ethyl adjacent to an activating group) is 1. The van der Waals surface area contributed by atoms with Gasteiger partial charge in [0, 0.05) is 57.4 Å². The van der Waals surface area contributed by atoms with Crippen LogP contribution in [0.25, 0.3) is 0 Å². The minimum absolute atomic E-state index is 0.128. The lowest BCUT2D eigenvalue weighted by Gasteiger charge is -2.36. The molecule has 2 heterocycles. The summed E-state index contributed by atoms with van der Waals surface area (Å²) in [6.45, 7) is 5.46. The van der Waals surface area contributed by atoms with Crippen molar-refractivity contribution in [2.45, 2.75) is 44.7 Å². The second-order valence-corrected chi connectivity index (χ2v) is 9.69. The van der Waals surface area contributed by atoms with Crippen molar-refractivity contribution in [3.63, 3.8) is 0 Å². The van der Waals surface area contributed by atoms with Crippen molar-refractivity contribution in [1.29, 1.82) is 5.26 Å². The molecule has 37 heavy (non-hydrogen) atoms. The Morgan fingerprint density at radius 3 is 2.54 bits per heavy atom. The number of piperazine rings is 1. The average molecular weight is 502 g/mol. The molecule has 1 fully saturated rings. The molecule has 0 spiro atoms. The standard InChI is InChI=1S/C29H35N5O3/c1-31-28(36)27(9-5-19-35)34-21-26-23(7-4-8-25(26)29(34)37)6-2-3-14-32-15-17-33(18-16-32)24-12-10-22(20-30)11-13-24/h4,7-8,10-13,19,27H,2-3,5-6,9,14-18,21H2,1H3,(H,31,36). The Kier molecular flexibility index (Phi) is 8.91. The van der Waals surface area contributed by atoms with Gasteiger partial charge in [0.05, 0.1) is 11.6 Å². The molecule has 8 heteroatoms. The number of aryl methyl sites for hydroxylation is 1. The van der Waals surface area contributed by atoms with Gasteiger partial charge in [-0.2, -0.15) is 5.26 Å². The van der Waals surface area contributed by atoms with E-state index in [4.69, 9.17) is 5.26 Å². The lowest BCUT2D eigenvalue weighted by Crippen LogP contribution is -2.46. The molecule has 2 aliphatic rings. The quantitative estimate of drug-likeness (QED) is 0.376. The topological polar surface area (TPSA) is 96.8 Å². The number of anilines is 1. The first-order valence-corrected chi connectivity index (χ1v) is 13.1. The monoisotopic (exact) mass is 501 g/mol. The summed E-state index contributed by atoms with van der Waals surface area (Å²) >= 11 is 0. The van der Waals surface area contributed by atoms with Crippen LogP contribution in [0, 0.1) is 11.3 Å². The molecule has 1 N–H and O–H groups in total. The Balaban J connectivity index is 1.27. The first-order chi connectivity index (χ1) is 18.0. The van der Waals surface area contributed by atoms with E-state index in [0.717, 1.165) is 63.8 Å². The molecule has 0 aromatic heterocycles. The predicted molar refractivity (Wildman–Crippen MR) is 142 cm³/mol. The summed E-state index contributed by atoms with van der Waals surface area (Å²) in [4.78, 5) is 42.9. The highest BCUT2D eigenvalue weighted by molar-refractivity contribution is 6.01. The number of hydrogen-bond donors (Lipinski definition) is 1. The lowest BCUT2D eigenvalue weighted by atomic mass is 9.98. The van der Waals surface area contributed by atoms with E-state index in [2.05, 4.69) is 27.3 Å². The first-order valence-electron chi connectivity index (χ1n) is 13.1. The largest absolute Gasteiger partial charge is 0.369 e. The van der Waals surface area contributed by atoms with Gasteiger partial charge in [-0.15, -0.1) is 0 Å². The zero-order chi connectivity index (χ0) is 26.2. The van der Waals surface area contributed by atoms with Crippen molar-refractivity contribution in [3.05, 3.63) is 64.7 Å². The first kappa shape index (κ1) is 26.4. The predicted octanol–water partition coefficient (Wildman–Crippen LogP) is 2.75. The van der Waals surface area contributed by atoms with Gasteiger partial charge in [-0.25, -0.2) is 0 Å². The van der Waals surface area contributed by atoms with Gasteiger partial charge in [0.1, 0.15) is 12.3 Å². The number of rotatable bonds is 11.